The summed E-state index contributed by atoms with van der Waals surface area (Å²) in [7, 11) is 1.35. The Hall–Kier alpha value is -2.99. The molecule has 1 aliphatic rings. The molecule has 0 aromatic heterocycles. The van der Waals surface area contributed by atoms with Crippen LogP contribution in [0.15, 0.2) is 72.8 Å². The highest BCUT2D eigenvalue weighted by Crippen LogP contribution is 2.41. The number of carbonyl (C=O) groups excluding carboxylic acids is 2. The predicted octanol–water partition coefficient (Wildman–Crippen LogP) is 4.03. The number of rotatable bonds is 5. The number of fused-ring (bicyclic) bond motifs is 1. The van der Waals surface area contributed by atoms with Crippen LogP contribution >= 0.6 is 11.8 Å². The Balaban J connectivity index is 1.57. The minimum absolute atomic E-state index is 0.147. The third kappa shape index (κ3) is 3.93. The Labute approximate surface area is 173 Å². The van der Waals surface area contributed by atoms with Crippen LogP contribution in [-0.4, -0.2) is 42.3 Å². The van der Waals surface area contributed by atoms with Crippen LogP contribution in [0.3, 0.4) is 0 Å². The van der Waals surface area contributed by atoms with Gasteiger partial charge < -0.3 is 14.4 Å². The summed E-state index contributed by atoms with van der Waals surface area (Å²) in [5.41, 5.74) is 0.974. The number of thioether (sulfide) groups is 1. The van der Waals surface area contributed by atoms with Gasteiger partial charge in [-0.2, -0.15) is 0 Å². The Kier molecular flexibility index (Phi) is 5.71. The molecular formula is C23H21NO4S. The van der Waals surface area contributed by atoms with Gasteiger partial charge in [0, 0.05) is 11.1 Å². The first kappa shape index (κ1) is 19.3. The Morgan fingerprint density at radius 2 is 1.72 bits per heavy atom. The summed E-state index contributed by atoms with van der Waals surface area (Å²) in [6, 6.07) is 22.7. The van der Waals surface area contributed by atoms with E-state index in [1.807, 2.05) is 72.8 Å². The van der Waals surface area contributed by atoms with E-state index >= 15 is 0 Å². The fourth-order valence-electron chi connectivity index (χ4n) is 3.54. The Morgan fingerprint density at radius 1 is 1.00 bits per heavy atom. The highest BCUT2D eigenvalue weighted by Gasteiger charge is 2.43. The number of hydrogen-bond donors (Lipinski definition) is 0. The molecule has 1 aliphatic heterocycles. The number of esters is 1. The first-order chi connectivity index (χ1) is 14.2. The van der Waals surface area contributed by atoms with Crippen molar-refractivity contribution >= 4 is 34.4 Å². The van der Waals surface area contributed by atoms with Crippen molar-refractivity contribution in [3.05, 3.63) is 78.4 Å². The zero-order valence-corrected chi connectivity index (χ0v) is 16.8. The lowest BCUT2D eigenvalue weighted by Gasteiger charge is -2.28. The number of nitrogens with zero attached hydrogens (tertiary/aromatic N) is 1. The summed E-state index contributed by atoms with van der Waals surface area (Å²) in [5.74, 6) is 0.488. The van der Waals surface area contributed by atoms with Crippen molar-refractivity contribution in [3.8, 4) is 5.75 Å². The van der Waals surface area contributed by atoms with E-state index in [9.17, 15) is 9.59 Å². The summed E-state index contributed by atoms with van der Waals surface area (Å²) < 4.78 is 10.8. The monoisotopic (exact) mass is 407 g/mol. The van der Waals surface area contributed by atoms with Crippen molar-refractivity contribution in [2.75, 3.05) is 19.5 Å². The van der Waals surface area contributed by atoms with E-state index in [-0.39, 0.29) is 17.9 Å². The molecule has 0 saturated carbocycles. The second-order valence-electron chi connectivity index (χ2n) is 6.70. The van der Waals surface area contributed by atoms with Gasteiger partial charge in [-0.25, -0.2) is 4.79 Å². The van der Waals surface area contributed by atoms with Crippen LogP contribution in [0.1, 0.15) is 10.9 Å². The van der Waals surface area contributed by atoms with E-state index in [2.05, 4.69) is 0 Å². The summed E-state index contributed by atoms with van der Waals surface area (Å²) >= 11 is 1.56. The van der Waals surface area contributed by atoms with Gasteiger partial charge in [-0.1, -0.05) is 66.7 Å². The average molecular weight is 407 g/mol. The van der Waals surface area contributed by atoms with Crippen molar-refractivity contribution in [2.45, 2.75) is 11.4 Å². The first-order valence-electron chi connectivity index (χ1n) is 9.35. The van der Waals surface area contributed by atoms with E-state index in [0.29, 0.717) is 11.5 Å². The van der Waals surface area contributed by atoms with Crippen LogP contribution < -0.4 is 4.74 Å². The van der Waals surface area contributed by atoms with Crippen molar-refractivity contribution in [2.24, 2.45) is 0 Å². The van der Waals surface area contributed by atoms with Crippen LogP contribution in [0.5, 0.6) is 5.75 Å². The lowest BCUT2D eigenvalue weighted by atomic mass is 10.1. The van der Waals surface area contributed by atoms with E-state index in [4.69, 9.17) is 9.47 Å². The summed E-state index contributed by atoms with van der Waals surface area (Å²) in [4.78, 5) is 27.0. The maximum absolute atomic E-state index is 13.1. The number of benzene rings is 3. The molecule has 0 aliphatic carbocycles. The second kappa shape index (κ2) is 8.57. The van der Waals surface area contributed by atoms with Gasteiger partial charge in [0.15, 0.2) is 6.61 Å². The van der Waals surface area contributed by atoms with Crippen molar-refractivity contribution in [1.82, 2.24) is 4.90 Å². The lowest BCUT2D eigenvalue weighted by molar-refractivity contribution is -0.152. The van der Waals surface area contributed by atoms with Gasteiger partial charge in [-0.3, -0.25) is 4.79 Å². The predicted molar refractivity (Wildman–Crippen MR) is 114 cm³/mol. The van der Waals surface area contributed by atoms with Crippen molar-refractivity contribution in [1.29, 1.82) is 0 Å². The maximum atomic E-state index is 13.1. The highest BCUT2D eigenvalue weighted by atomic mass is 32.2. The molecule has 3 aromatic carbocycles. The minimum atomic E-state index is -0.626. The molecule has 1 unspecified atom stereocenters. The molecule has 1 fully saturated rings. The smallest absolute Gasteiger partial charge is 0.329 e. The molecule has 148 valence electrons. The highest BCUT2D eigenvalue weighted by molar-refractivity contribution is 7.99. The number of amides is 1. The van der Waals surface area contributed by atoms with Gasteiger partial charge in [-0.05, 0) is 17.0 Å². The zero-order valence-electron chi connectivity index (χ0n) is 16.0. The second-order valence-corrected chi connectivity index (χ2v) is 7.82. The summed E-state index contributed by atoms with van der Waals surface area (Å²) in [6.07, 6.45) is 0. The largest absolute Gasteiger partial charge is 0.483 e. The number of hydrogen-bond acceptors (Lipinski definition) is 5. The number of ether oxygens (including phenoxy) is 2. The molecule has 6 heteroatoms. The van der Waals surface area contributed by atoms with E-state index < -0.39 is 12.0 Å². The van der Waals surface area contributed by atoms with Crippen LogP contribution in [0, 0.1) is 0 Å². The molecule has 5 nitrogen and oxygen atoms in total. The molecule has 0 radical (unpaired) electrons. The third-order valence-corrected chi connectivity index (χ3v) is 6.27. The van der Waals surface area contributed by atoms with Gasteiger partial charge in [0.2, 0.25) is 0 Å². The van der Waals surface area contributed by atoms with Gasteiger partial charge in [0.05, 0.1) is 7.11 Å². The van der Waals surface area contributed by atoms with E-state index in [0.717, 1.165) is 16.3 Å². The zero-order chi connectivity index (χ0) is 20.2. The molecule has 0 spiro atoms. The summed E-state index contributed by atoms with van der Waals surface area (Å²) in [6.45, 7) is -0.147. The van der Waals surface area contributed by atoms with Crippen LogP contribution in [0.4, 0.5) is 0 Å². The summed E-state index contributed by atoms with van der Waals surface area (Å²) in [5, 5.41) is 1.75. The molecule has 1 heterocycles. The quantitative estimate of drug-likeness (QED) is 0.598. The van der Waals surface area contributed by atoms with Gasteiger partial charge >= 0.3 is 5.97 Å². The number of carbonyl (C=O) groups is 2. The topological polar surface area (TPSA) is 55.8 Å². The van der Waals surface area contributed by atoms with Crippen molar-refractivity contribution < 1.29 is 19.1 Å². The van der Waals surface area contributed by atoms with Crippen molar-refractivity contribution in [3.63, 3.8) is 0 Å². The third-order valence-electron chi connectivity index (χ3n) is 4.95. The first-order valence-corrected chi connectivity index (χ1v) is 10.4. The Morgan fingerprint density at radius 3 is 2.52 bits per heavy atom. The van der Waals surface area contributed by atoms with Gasteiger partial charge in [0.25, 0.3) is 5.91 Å². The SMILES string of the molecule is COC(=O)[C@@H]1CSC(c2ccccc2)N1C(=O)COc1cccc2ccccc12. The molecule has 0 bridgehead atoms. The standard InChI is InChI=1S/C23H21NO4S/c1-27-23(26)19-15-29-22(17-9-3-2-4-10-17)24(19)21(25)14-28-20-13-7-11-16-8-5-6-12-18(16)20/h2-13,19,22H,14-15H2,1H3/t19-,22?/m0/s1. The molecule has 29 heavy (non-hydrogen) atoms. The molecular weight excluding hydrogens is 386 g/mol. The molecule has 0 N–H and O–H groups in total. The maximum Gasteiger partial charge on any atom is 0.329 e. The van der Waals surface area contributed by atoms with Gasteiger partial charge in [-0.15, -0.1) is 11.8 Å². The molecule has 1 saturated heterocycles. The fraction of sp³-hybridized carbons (Fsp3) is 0.217. The van der Waals surface area contributed by atoms with Crippen LogP contribution in [-0.2, 0) is 14.3 Å². The van der Waals surface area contributed by atoms with Crippen LogP contribution in [0.2, 0.25) is 0 Å². The van der Waals surface area contributed by atoms with Crippen LogP contribution in [0.25, 0.3) is 10.8 Å². The fourth-order valence-corrected chi connectivity index (χ4v) is 4.97. The number of methoxy groups -OCH3 is 1. The average Bonchev–Trinajstić information content (AvgIpc) is 3.23. The van der Waals surface area contributed by atoms with Gasteiger partial charge in [0.1, 0.15) is 17.2 Å². The molecule has 3 aromatic rings. The molecule has 4 rings (SSSR count). The molecule has 1 amide bonds. The van der Waals surface area contributed by atoms with E-state index in [1.54, 1.807) is 16.7 Å². The Bertz CT molecular complexity index is 1020. The van der Waals surface area contributed by atoms with E-state index in [1.165, 1.54) is 7.11 Å². The normalized spacial score (nSPS) is 18.6. The minimum Gasteiger partial charge on any atom is -0.483 e. The lowest BCUT2D eigenvalue weighted by Crippen LogP contribution is -2.45. The molecule has 2 atom stereocenters.